The summed E-state index contributed by atoms with van der Waals surface area (Å²) >= 11 is 0. The predicted molar refractivity (Wildman–Crippen MR) is 114 cm³/mol. The first-order valence-electron chi connectivity index (χ1n) is 9.71. The Labute approximate surface area is 180 Å². The zero-order valence-corrected chi connectivity index (χ0v) is 17.7. The Balaban J connectivity index is 1.65. The molecule has 1 unspecified atom stereocenters. The SMILES string of the molecule is N=C(N)c1ccc(CNC(=O)C[N+]2(NS(=O)(=O)Cc3ccccc3)CCCC2=O)cn1. The molecule has 2 heterocycles. The maximum Gasteiger partial charge on any atom is 0.334 e. The number of likely N-dealkylation sites (tertiary alicyclic amines) is 1. The first kappa shape index (κ1) is 22.5. The van der Waals surface area contributed by atoms with Crippen LogP contribution in [0.4, 0.5) is 0 Å². The number of aromatic nitrogens is 1. The molecule has 0 aliphatic carbocycles. The molecule has 0 radical (unpaired) electrons. The fourth-order valence-corrected chi connectivity index (χ4v) is 4.90. The van der Waals surface area contributed by atoms with E-state index in [1.165, 1.54) is 6.20 Å². The van der Waals surface area contributed by atoms with Crippen molar-refractivity contribution in [3.63, 3.8) is 0 Å². The number of nitrogen functional groups attached to an aromatic ring is 1. The molecular weight excluding hydrogens is 420 g/mol. The number of rotatable bonds is 9. The number of pyridine rings is 1. The maximum atomic E-state index is 12.7. The van der Waals surface area contributed by atoms with Gasteiger partial charge in [-0.3, -0.25) is 15.2 Å². The average molecular weight is 446 g/mol. The lowest BCUT2D eigenvalue weighted by Gasteiger charge is -2.29. The largest absolute Gasteiger partial charge is 0.382 e. The molecule has 0 saturated carbocycles. The van der Waals surface area contributed by atoms with Gasteiger partial charge >= 0.3 is 5.91 Å². The van der Waals surface area contributed by atoms with Gasteiger partial charge in [0.1, 0.15) is 18.1 Å². The molecular formula is C20H25N6O4S+. The zero-order chi connectivity index (χ0) is 22.5. The third-order valence-electron chi connectivity index (χ3n) is 4.93. The maximum absolute atomic E-state index is 12.7. The van der Waals surface area contributed by atoms with Crippen LogP contribution in [0.2, 0.25) is 0 Å². The van der Waals surface area contributed by atoms with Crippen LogP contribution in [0.25, 0.3) is 0 Å². The lowest BCUT2D eigenvalue weighted by molar-refractivity contribution is -0.868. The standard InChI is InChI=1S/C20H24N6O4S/c21-20(22)17-9-8-16(11-23-17)12-24-18(27)13-26(10-4-7-19(26)28)25-31(29,30)14-15-5-2-1-3-6-15/h1-3,5-6,8-9,11,25H,4,7,10,12-14H2,(H3-,21,22,24,27)/p+1. The van der Waals surface area contributed by atoms with Crippen LogP contribution in [-0.4, -0.2) is 48.7 Å². The van der Waals surface area contributed by atoms with Crippen LogP contribution in [-0.2, 0) is 31.9 Å². The summed E-state index contributed by atoms with van der Waals surface area (Å²) in [4.78, 5) is 31.6. The number of amidine groups is 1. The average Bonchev–Trinajstić information content (AvgIpc) is 3.05. The van der Waals surface area contributed by atoms with Crippen molar-refractivity contribution in [3.05, 3.63) is 65.5 Å². The Morgan fingerprint density at radius 2 is 1.90 bits per heavy atom. The van der Waals surface area contributed by atoms with Gasteiger partial charge in [-0.25, -0.2) is 13.2 Å². The second-order valence-electron chi connectivity index (χ2n) is 7.42. The van der Waals surface area contributed by atoms with Crippen LogP contribution in [0.5, 0.6) is 0 Å². The van der Waals surface area contributed by atoms with Crippen molar-refractivity contribution in [2.75, 3.05) is 13.1 Å². The molecule has 1 aromatic heterocycles. The molecule has 5 N–H and O–H groups in total. The van der Waals surface area contributed by atoms with Gasteiger partial charge in [0.25, 0.3) is 15.9 Å². The second kappa shape index (κ2) is 9.33. The van der Waals surface area contributed by atoms with E-state index in [-0.39, 0.29) is 43.6 Å². The Bertz CT molecular complexity index is 1070. The van der Waals surface area contributed by atoms with Crippen molar-refractivity contribution in [1.29, 1.82) is 5.41 Å². The minimum atomic E-state index is -3.86. The molecule has 2 amide bonds. The number of nitrogens with two attached hydrogens (primary N) is 1. The summed E-state index contributed by atoms with van der Waals surface area (Å²) in [5.41, 5.74) is 6.97. The van der Waals surface area contributed by atoms with E-state index in [0.29, 0.717) is 23.2 Å². The van der Waals surface area contributed by atoms with Crippen molar-refractivity contribution in [3.8, 4) is 0 Å². The summed E-state index contributed by atoms with van der Waals surface area (Å²) in [6.45, 7) is 0.0376. The molecule has 0 spiro atoms. The van der Waals surface area contributed by atoms with Crippen molar-refractivity contribution in [2.45, 2.75) is 25.1 Å². The quantitative estimate of drug-likeness (QED) is 0.245. The third kappa shape index (κ3) is 5.94. The Morgan fingerprint density at radius 1 is 1.16 bits per heavy atom. The van der Waals surface area contributed by atoms with Crippen molar-refractivity contribution >= 4 is 27.7 Å². The minimum absolute atomic E-state index is 0.148. The number of benzene rings is 1. The fourth-order valence-electron chi connectivity index (χ4n) is 3.42. The molecule has 0 bridgehead atoms. The monoisotopic (exact) mass is 445 g/mol. The van der Waals surface area contributed by atoms with E-state index in [9.17, 15) is 18.0 Å². The summed E-state index contributed by atoms with van der Waals surface area (Å²) < 4.78 is 24.8. The summed E-state index contributed by atoms with van der Waals surface area (Å²) in [5, 5.41) is 10.0. The predicted octanol–water partition coefficient (Wildman–Crippen LogP) is 0.154. The van der Waals surface area contributed by atoms with Crippen LogP contribution in [0.15, 0.2) is 48.7 Å². The van der Waals surface area contributed by atoms with Crippen LogP contribution in [0.1, 0.15) is 29.7 Å². The molecule has 2 aromatic rings. The van der Waals surface area contributed by atoms with Gasteiger partial charge in [0, 0.05) is 19.2 Å². The molecule has 164 valence electrons. The highest BCUT2D eigenvalue weighted by molar-refractivity contribution is 7.88. The number of quaternary nitrogens is 1. The van der Waals surface area contributed by atoms with E-state index in [1.807, 2.05) is 0 Å². The summed E-state index contributed by atoms with van der Waals surface area (Å²) in [6, 6.07) is 11.9. The van der Waals surface area contributed by atoms with Gasteiger partial charge in [-0.2, -0.15) is 4.59 Å². The molecule has 1 aromatic carbocycles. The highest BCUT2D eigenvalue weighted by atomic mass is 32.2. The number of hydrogen-bond donors (Lipinski definition) is 4. The smallest absolute Gasteiger partial charge is 0.334 e. The van der Waals surface area contributed by atoms with Gasteiger partial charge in [-0.1, -0.05) is 36.4 Å². The molecule has 10 nitrogen and oxygen atoms in total. The van der Waals surface area contributed by atoms with Crippen LogP contribution < -0.4 is 15.9 Å². The first-order chi connectivity index (χ1) is 14.7. The zero-order valence-electron chi connectivity index (χ0n) is 16.9. The van der Waals surface area contributed by atoms with Crippen LogP contribution >= 0.6 is 0 Å². The van der Waals surface area contributed by atoms with Gasteiger partial charge in [-0.15, -0.1) is 0 Å². The molecule has 1 saturated heterocycles. The number of hydrogen-bond acceptors (Lipinski definition) is 6. The highest BCUT2D eigenvalue weighted by Gasteiger charge is 2.46. The number of carbonyl (C=O) groups is 2. The number of sulfonamides is 1. The molecule has 1 aliphatic rings. The van der Waals surface area contributed by atoms with E-state index < -0.39 is 20.5 Å². The molecule has 1 fully saturated rings. The van der Waals surface area contributed by atoms with Crippen LogP contribution in [0.3, 0.4) is 0 Å². The summed E-state index contributed by atoms with van der Waals surface area (Å²) in [7, 11) is -3.86. The Hall–Kier alpha value is -3.15. The lowest BCUT2D eigenvalue weighted by atomic mass is 10.2. The molecule has 3 rings (SSSR count). The topological polar surface area (TPSA) is 155 Å². The Morgan fingerprint density at radius 3 is 2.48 bits per heavy atom. The van der Waals surface area contributed by atoms with E-state index in [1.54, 1.807) is 42.5 Å². The minimum Gasteiger partial charge on any atom is -0.382 e. The van der Waals surface area contributed by atoms with E-state index in [4.69, 9.17) is 11.1 Å². The van der Waals surface area contributed by atoms with E-state index >= 15 is 0 Å². The Kier molecular flexibility index (Phi) is 6.78. The molecule has 11 heteroatoms. The van der Waals surface area contributed by atoms with Crippen molar-refractivity contribution < 1.29 is 22.6 Å². The van der Waals surface area contributed by atoms with Crippen molar-refractivity contribution in [2.24, 2.45) is 5.73 Å². The fraction of sp³-hybridized carbons (Fsp3) is 0.300. The van der Waals surface area contributed by atoms with Gasteiger partial charge in [0.15, 0.2) is 6.54 Å². The third-order valence-corrected chi connectivity index (χ3v) is 6.27. The van der Waals surface area contributed by atoms with E-state index in [2.05, 4.69) is 15.1 Å². The lowest BCUT2D eigenvalue weighted by Crippen LogP contribution is -2.64. The van der Waals surface area contributed by atoms with Gasteiger partial charge in [0.05, 0.1) is 12.2 Å². The highest BCUT2D eigenvalue weighted by Crippen LogP contribution is 2.20. The first-order valence-corrected chi connectivity index (χ1v) is 11.4. The van der Waals surface area contributed by atoms with E-state index in [0.717, 1.165) is 0 Å². The second-order valence-corrected chi connectivity index (χ2v) is 9.13. The molecule has 31 heavy (non-hydrogen) atoms. The number of nitrogens with one attached hydrogen (secondary N) is 3. The van der Waals surface area contributed by atoms with Gasteiger partial charge < -0.3 is 11.1 Å². The number of amides is 2. The number of nitrogens with zero attached hydrogens (tertiary/aromatic N) is 2. The number of carbonyl (C=O) groups excluding carboxylic acids is 2. The van der Waals surface area contributed by atoms with Crippen molar-refractivity contribution in [1.82, 2.24) is 15.1 Å². The summed E-state index contributed by atoms with van der Waals surface area (Å²) in [5.74, 6) is -1.23. The van der Waals surface area contributed by atoms with Gasteiger partial charge in [-0.05, 0) is 22.0 Å². The van der Waals surface area contributed by atoms with Gasteiger partial charge in [0.2, 0.25) is 0 Å². The molecule has 1 aliphatic heterocycles. The summed E-state index contributed by atoms with van der Waals surface area (Å²) in [6.07, 6.45) is 2.19. The molecule has 1 atom stereocenters. The van der Waals surface area contributed by atoms with Crippen LogP contribution in [0, 0.1) is 5.41 Å². The normalized spacial score (nSPS) is 18.6.